The van der Waals surface area contributed by atoms with Crippen molar-refractivity contribution in [1.29, 1.82) is 0 Å². The van der Waals surface area contributed by atoms with Crippen LogP contribution in [-0.4, -0.2) is 88.8 Å². The molecule has 3 fully saturated rings. The molecule has 4 rings (SSSR count). The fourth-order valence-electron chi connectivity index (χ4n) is 7.60. The number of benzene rings is 1. The average molecular weight is 596 g/mol. The van der Waals surface area contributed by atoms with Crippen LogP contribution < -0.4 is 9.64 Å². The molecule has 0 aliphatic carbocycles. The number of fused-ring (bicyclic) bond motifs is 1. The van der Waals surface area contributed by atoms with Crippen LogP contribution in [0.1, 0.15) is 66.2 Å². The van der Waals surface area contributed by atoms with Crippen molar-refractivity contribution in [3.05, 3.63) is 49.6 Å². The minimum Gasteiger partial charge on any atom is -0.494 e. The third-order valence-corrected chi connectivity index (χ3v) is 9.67. The summed E-state index contributed by atoms with van der Waals surface area (Å²) in [6.45, 7) is 17.0. The lowest BCUT2D eigenvalue weighted by molar-refractivity contribution is -0.156. The third-order valence-electron chi connectivity index (χ3n) is 9.67. The summed E-state index contributed by atoms with van der Waals surface area (Å²) in [4.78, 5) is 48.7. The van der Waals surface area contributed by atoms with Gasteiger partial charge in [-0.05, 0) is 63.3 Å². The van der Waals surface area contributed by atoms with Crippen molar-refractivity contribution in [2.75, 3.05) is 37.7 Å². The summed E-state index contributed by atoms with van der Waals surface area (Å²) >= 11 is 0. The second-order valence-electron chi connectivity index (χ2n) is 11.9. The van der Waals surface area contributed by atoms with Crippen LogP contribution in [0.15, 0.2) is 49.6 Å². The van der Waals surface area contributed by atoms with Gasteiger partial charge >= 0.3 is 0 Å². The number of amides is 3. The van der Waals surface area contributed by atoms with Crippen LogP contribution in [0.25, 0.3) is 0 Å². The molecule has 43 heavy (non-hydrogen) atoms. The first kappa shape index (κ1) is 32.7. The molecule has 1 spiro atoms. The molecule has 1 aromatic rings. The van der Waals surface area contributed by atoms with Crippen LogP contribution in [0.3, 0.4) is 0 Å². The van der Waals surface area contributed by atoms with Crippen molar-refractivity contribution in [2.24, 2.45) is 11.8 Å². The zero-order valence-electron chi connectivity index (χ0n) is 26.3. The van der Waals surface area contributed by atoms with Gasteiger partial charge in [0.2, 0.25) is 17.7 Å². The molecule has 1 aromatic carbocycles. The zero-order valence-corrected chi connectivity index (χ0v) is 26.3. The summed E-state index contributed by atoms with van der Waals surface area (Å²) in [6.07, 6.45) is 7.16. The quantitative estimate of drug-likeness (QED) is 0.286. The highest BCUT2D eigenvalue weighted by Crippen LogP contribution is 2.65. The van der Waals surface area contributed by atoms with Crippen molar-refractivity contribution in [3.63, 3.8) is 0 Å². The molecule has 6 atom stereocenters. The number of carbonyl (C=O) groups excluding carboxylic acids is 3. The van der Waals surface area contributed by atoms with Crippen molar-refractivity contribution in [1.82, 2.24) is 9.80 Å². The number of hydrogen-bond donors (Lipinski definition) is 1. The number of rotatable bonds is 16. The fraction of sp³-hybridized carbons (Fsp3) is 0.618. The first-order chi connectivity index (χ1) is 20.7. The van der Waals surface area contributed by atoms with Gasteiger partial charge in [0, 0.05) is 25.3 Å². The number of anilines is 1. The van der Waals surface area contributed by atoms with Gasteiger partial charge in [-0.1, -0.05) is 39.3 Å². The van der Waals surface area contributed by atoms with E-state index >= 15 is 0 Å². The minimum absolute atomic E-state index is 0.203. The van der Waals surface area contributed by atoms with Crippen LogP contribution in [0, 0.1) is 11.8 Å². The van der Waals surface area contributed by atoms with Crippen LogP contribution in [0.2, 0.25) is 0 Å². The van der Waals surface area contributed by atoms with E-state index in [-0.39, 0.29) is 30.9 Å². The number of ether oxygens (including phenoxy) is 2. The molecule has 1 N–H and O–H groups in total. The standard InChI is InChI=1S/C34H49N3O6/c1-7-13-22-35(20-8-2)32(41)29-34-19-18-33(11-5,43-34)27(28(34)31(40)37(29)24(10-4)23-38)30(39)36(21-9-3)25-14-16-26(17-15-25)42-12-6/h8-9,14-17,24,27-29,38H,2-3,7,10-13,18-23H2,1,4-6H3/t24-,27-,28-,29?,33+,34?/m0/s1. The van der Waals surface area contributed by atoms with Gasteiger partial charge in [-0.25, -0.2) is 0 Å². The second-order valence-corrected chi connectivity index (χ2v) is 11.9. The molecule has 3 amide bonds. The molecule has 9 heteroatoms. The van der Waals surface area contributed by atoms with Gasteiger partial charge in [-0.2, -0.15) is 0 Å². The Hall–Kier alpha value is -3.17. The minimum atomic E-state index is -1.16. The number of carbonyl (C=O) groups is 3. The van der Waals surface area contributed by atoms with Gasteiger partial charge in [-0.3, -0.25) is 14.4 Å². The van der Waals surface area contributed by atoms with E-state index in [4.69, 9.17) is 9.47 Å². The summed E-state index contributed by atoms with van der Waals surface area (Å²) in [6, 6.07) is 5.83. The molecule has 0 aromatic heterocycles. The number of unbranched alkanes of at least 4 members (excludes halogenated alkanes) is 1. The van der Waals surface area contributed by atoms with E-state index < -0.39 is 35.1 Å². The second kappa shape index (κ2) is 13.6. The smallest absolute Gasteiger partial charge is 0.248 e. The molecule has 3 saturated heterocycles. The maximum atomic E-state index is 14.7. The Morgan fingerprint density at radius 2 is 1.81 bits per heavy atom. The van der Waals surface area contributed by atoms with Crippen LogP contribution in [0.4, 0.5) is 5.69 Å². The van der Waals surface area contributed by atoms with Gasteiger partial charge in [0.25, 0.3) is 0 Å². The molecule has 2 unspecified atom stereocenters. The molecular weight excluding hydrogens is 546 g/mol. The summed E-state index contributed by atoms with van der Waals surface area (Å²) in [7, 11) is 0. The van der Waals surface area contributed by atoms with Crippen LogP contribution in [-0.2, 0) is 19.1 Å². The summed E-state index contributed by atoms with van der Waals surface area (Å²) in [5.41, 5.74) is -1.36. The van der Waals surface area contributed by atoms with Gasteiger partial charge in [-0.15, -0.1) is 13.2 Å². The highest BCUT2D eigenvalue weighted by Gasteiger charge is 2.79. The number of aliphatic hydroxyl groups is 1. The van der Waals surface area contributed by atoms with E-state index in [1.807, 2.05) is 45.0 Å². The Labute approximate surface area is 256 Å². The van der Waals surface area contributed by atoms with Gasteiger partial charge < -0.3 is 29.3 Å². The summed E-state index contributed by atoms with van der Waals surface area (Å²) < 4.78 is 12.6. The molecule has 2 bridgehead atoms. The number of nitrogens with zero attached hydrogens (tertiary/aromatic N) is 3. The fourth-order valence-corrected chi connectivity index (χ4v) is 7.60. The summed E-state index contributed by atoms with van der Waals surface area (Å²) in [5.74, 6) is -1.63. The zero-order chi connectivity index (χ0) is 31.4. The molecule has 3 heterocycles. The molecule has 3 aliphatic rings. The van der Waals surface area contributed by atoms with E-state index in [9.17, 15) is 19.5 Å². The lowest BCUT2D eigenvalue weighted by Crippen LogP contribution is -2.59. The van der Waals surface area contributed by atoms with Crippen molar-refractivity contribution in [3.8, 4) is 5.75 Å². The Morgan fingerprint density at radius 1 is 1.12 bits per heavy atom. The van der Waals surface area contributed by atoms with Crippen molar-refractivity contribution in [2.45, 2.75) is 89.5 Å². The van der Waals surface area contributed by atoms with Gasteiger partial charge in [0.05, 0.1) is 36.7 Å². The van der Waals surface area contributed by atoms with E-state index in [0.29, 0.717) is 56.8 Å². The van der Waals surface area contributed by atoms with E-state index in [1.54, 1.807) is 26.9 Å². The predicted octanol–water partition coefficient (Wildman–Crippen LogP) is 4.34. The number of hydrogen-bond acceptors (Lipinski definition) is 6. The molecule has 236 valence electrons. The Kier molecular flexibility index (Phi) is 10.4. The van der Waals surface area contributed by atoms with Crippen molar-refractivity contribution >= 4 is 23.4 Å². The first-order valence-corrected chi connectivity index (χ1v) is 15.9. The topological polar surface area (TPSA) is 99.6 Å². The summed E-state index contributed by atoms with van der Waals surface area (Å²) in [5, 5.41) is 10.4. The number of likely N-dealkylation sites (tertiary alicyclic amines) is 1. The van der Waals surface area contributed by atoms with E-state index in [2.05, 4.69) is 20.1 Å². The maximum absolute atomic E-state index is 14.7. The lowest BCUT2D eigenvalue weighted by Gasteiger charge is -2.39. The average Bonchev–Trinajstić information content (AvgIpc) is 3.62. The van der Waals surface area contributed by atoms with Gasteiger partial charge in [0.15, 0.2) is 0 Å². The SMILES string of the molecule is C=CCN(CCCC)C(=O)C1N([C@@H](CC)CO)C(=O)[C@@H]2[C@@H](C(=O)N(CC=C)c3ccc(OCC)cc3)[C@@]3(CC)CCC12O3. The highest BCUT2D eigenvalue weighted by atomic mass is 16.5. The third kappa shape index (κ3) is 5.50. The van der Waals surface area contributed by atoms with E-state index in [0.717, 1.165) is 12.8 Å². The van der Waals surface area contributed by atoms with Crippen LogP contribution >= 0.6 is 0 Å². The largest absolute Gasteiger partial charge is 0.494 e. The normalized spacial score (nSPS) is 28.0. The van der Waals surface area contributed by atoms with Gasteiger partial charge in [0.1, 0.15) is 17.4 Å². The molecular formula is C34H49N3O6. The van der Waals surface area contributed by atoms with Crippen molar-refractivity contribution < 1.29 is 29.0 Å². The van der Waals surface area contributed by atoms with Crippen LogP contribution in [0.5, 0.6) is 5.75 Å². The molecule has 0 radical (unpaired) electrons. The first-order valence-electron chi connectivity index (χ1n) is 15.9. The Bertz CT molecular complexity index is 1180. The molecule has 0 saturated carbocycles. The predicted molar refractivity (Wildman–Crippen MR) is 167 cm³/mol. The van der Waals surface area contributed by atoms with E-state index in [1.165, 1.54) is 0 Å². The molecule has 3 aliphatic heterocycles. The molecule has 9 nitrogen and oxygen atoms in total. The lowest BCUT2D eigenvalue weighted by atomic mass is 9.64. The monoisotopic (exact) mass is 595 g/mol. The maximum Gasteiger partial charge on any atom is 0.248 e. The Morgan fingerprint density at radius 3 is 2.37 bits per heavy atom. The Balaban J connectivity index is 1.81. The number of aliphatic hydroxyl groups excluding tert-OH is 1. The highest BCUT2D eigenvalue weighted by molar-refractivity contribution is 6.03.